The number of para-hydroxylation sites is 1. The fourth-order valence-corrected chi connectivity index (χ4v) is 2.79. The number of nitrogens with zero attached hydrogens (tertiary/aromatic N) is 2. The summed E-state index contributed by atoms with van der Waals surface area (Å²) in [7, 11) is 0. The lowest BCUT2D eigenvalue weighted by Gasteiger charge is -2.17. The molecular weight excluding hydrogens is 427 g/mol. The Morgan fingerprint density at radius 3 is 2.76 bits per heavy atom. The Hall–Kier alpha value is -1.31. The van der Waals surface area contributed by atoms with Gasteiger partial charge in [0.05, 0.1) is 0 Å². The summed E-state index contributed by atoms with van der Waals surface area (Å²) in [5.74, 6) is 1.59. The molecule has 0 aromatic heterocycles. The van der Waals surface area contributed by atoms with Gasteiger partial charge in [0.2, 0.25) is 5.91 Å². The van der Waals surface area contributed by atoms with Crippen LogP contribution < -0.4 is 15.5 Å². The molecule has 1 aromatic carbocycles. The van der Waals surface area contributed by atoms with Crippen molar-refractivity contribution in [2.75, 3.05) is 31.1 Å². The Balaban J connectivity index is 0.00000312. The summed E-state index contributed by atoms with van der Waals surface area (Å²) >= 11 is 0. The molecule has 0 unspecified atom stereocenters. The number of aliphatic imine (C=N–C) groups is 1. The molecule has 1 aliphatic heterocycles. The van der Waals surface area contributed by atoms with Gasteiger partial charge >= 0.3 is 0 Å². The zero-order chi connectivity index (χ0) is 17.4. The lowest BCUT2D eigenvalue weighted by molar-refractivity contribution is -0.118. The number of hydrogen-bond acceptors (Lipinski definition) is 2. The molecule has 5 nitrogen and oxygen atoms in total. The first kappa shape index (κ1) is 21.7. The largest absolute Gasteiger partial charge is 0.357 e. The van der Waals surface area contributed by atoms with Crippen molar-refractivity contribution < 1.29 is 4.79 Å². The number of anilines is 1. The van der Waals surface area contributed by atoms with Crippen LogP contribution >= 0.6 is 24.0 Å². The van der Waals surface area contributed by atoms with E-state index in [4.69, 9.17) is 0 Å². The lowest BCUT2D eigenvalue weighted by atomic mass is 10.2. The van der Waals surface area contributed by atoms with Crippen LogP contribution in [0.25, 0.3) is 0 Å². The van der Waals surface area contributed by atoms with Gasteiger partial charge < -0.3 is 15.5 Å². The minimum Gasteiger partial charge on any atom is -0.357 e. The number of halogens is 1. The van der Waals surface area contributed by atoms with Crippen LogP contribution in [-0.2, 0) is 11.2 Å². The average molecular weight is 458 g/mol. The average Bonchev–Trinajstić information content (AvgIpc) is 3.00. The molecular formula is C19H31IN4O. The van der Waals surface area contributed by atoms with E-state index in [-0.39, 0.29) is 29.9 Å². The standard InChI is InChI=1S/C19H30N4O.HI/c1-4-20-19(22-14-15(2)3)21-12-7-10-18(24)23-13-11-16-8-5-6-9-17(16)23;/h5-6,8-9,15H,4,7,10-14H2,1-3H3,(H2,20,21,22);1H. The molecule has 25 heavy (non-hydrogen) atoms. The highest BCUT2D eigenvalue weighted by Crippen LogP contribution is 2.27. The number of benzene rings is 1. The summed E-state index contributed by atoms with van der Waals surface area (Å²) < 4.78 is 0. The molecule has 0 aliphatic carbocycles. The fourth-order valence-electron chi connectivity index (χ4n) is 2.79. The van der Waals surface area contributed by atoms with Crippen LogP contribution in [-0.4, -0.2) is 38.0 Å². The van der Waals surface area contributed by atoms with Crippen molar-refractivity contribution in [1.29, 1.82) is 0 Å². The molecule has 1 amide bonds. The maximum atomic E-state index is 12.4. The van der Waals surface area contributed by atoms with Crippen molar-refractivity contribution in [3.8, 4) is 0 Å². The second kappa shape index (κ2) is 11.3. The highest BCUT2D eigenvalue weighted by atomic mass is 127. The molecule has 0 radical (unpaired) electrons. The number of hydrogen-bond donors (Lipinski definition) is 2. The molecule has 140 valence electrons. The number of nitrogens with one attached hydrogen (secondary N) is 2. The van der Waals surface area contributed by atoms with E-state index in [1.165, 1.54) is 5.56 Å². The summed E-state index contributed by atoms with van der Waals surface area (Å²) in [6, 6.07) is 8.19. The Morgan fingerprint density at radius 1 is 1.28 bits per heavy atom. The van der Waals surface area contributed by atoms with E-state index in [0.717, 1.165) is 50.7 Å². The van der Waals surface area contributed by atoms with Crippen molar-refractivity contribution in [2.24, 2.45) is 10.9 Å². The van der Waals surface area contributed by atoms with Gasteiger partial charge in [-0.25, -0.2) is 0 Å². The van der Waals surface area contributed by atoms with Gasteiger partial charge in [-0.15, -0.1) is 24.0 Å². The van der Waals surface area contributed by atoms with E-state index >= 15 is 0 Å². The SMILES string of the molecule is CCNC(=NCC(C)C)NCCCC(=O)N1CCc2ccccc21.I. The third-order valence-corrected chi connectivity index (χ3v) is 4.01. The van der Waals surface area contributed by atoms with Crippen molar-refractivity contribution in [2.45, 2.75) is 40.0 Å². The van der Waals surface area contributed by atoms with Crippen molar-refractivity contribution in [3.63, 3.8) is 0 Å². The molecule has 0 saturated heterocycles. The second-order valence-electron chi connectivity index (χ2n) is 6.57. The minimum atomic E-state index is 0. The first-order valence-electron chi connectivity index (χ1n) is 9.02. The first-order valence-corrected chi connectivity index (χ1v) is 9.02. The van der Waals surface area contributed by atoms with Crippen LogP contribution in [0.2, 0.25) is 0 Å². The number of carbonyl (C=O) groups is 1. The molecule has 2 rings (SSSR count). The Bertz CT molecular complexity index is 574. The number of rotatable bonds is 7. The molecule has 1 aliphatic rings. The Labute approximate surface area is 168 Å². The van der Waals surface area contributed by atoms with E-state index in [1.807, 2.05) is 23.1 Å². The van der Waals surface area contributed by atoms with Crippen LogP contribution in [0.15, 0.2) is 29.3 Å². The van der Waals surface area contributed by atoms with E-state index in [0.29, 0.717) is 12.3 Å². The molecule has 2 N–H and O–H groups in total. The van der Waals surface area contributed by atoms with Gasteiger partial charge in [0.25, 0.3) is 0 Å². The van der Waals surface area contributed by atoms with Gasteiger partial charge in [-0.2, -0.15) is 0 Å². The summed E-state index contributed by atoms with van der Waals surface area (Å²) in [6.45, 7) is 9.57. The zero-order valence-corrected chi connectivity index (χ0v) is 17.9. The maximum Gasteiger partial charge on any atom is 0.227 e. The quantitative estimate of drug-likeness (QED) is 0.286. The predicted octanol–water partition coefficient (Wildman–Crippen LogP) is 3.19. The fraction of sp³-hybridized carbons (Fsp3) is 0.579. The molecule has 6 heteroatoms. The highest BCUT2D eigenvalue weighted by Gasteiger charge is 2.23. The monoisotopic (exact) mass is 458 g/mol. The summed E-state index contributed by atoms with van der Waals surface area (Å²) in [6.07, 6.45) is 2.33. The molecule has 0 fully saturated rings. The third kappa shape index (κ3) is 6.84. The third-order valence-electron chi connectivity index (χ3n) is 4.01. The lowest BCUT2D eigenvalue weighted by Crippen LogP contribution is -2.38. The van der Waals surface area contributed by atoms with Crippen LogP contribution in [0.1, 0.15) is 39.2 Å². The van der Waals surface area contributed by atoms with E-state index in [1.54, 1.807) is 0 Å². The highest BCUT2D eigenvalue weighted by molar-refractivity contribution is 14.0. The second-order valence-corrected chi connectivity index (χ2v) is 6.57. The van der Waals surface area contributed by atoms with Gasteiger partial charge in [-0.05, 0) is 37.3 Å². The smallest absolute Gasteiger partial charge is 0.227 e. The van der Waals surface area contributed by atoms with E-state index in [9.17, 15) is 4.79 Å². The van der Waals surface area contributed by atoms with Crippen LogP contribution in [0.5, 0.6) is 0 Å². The molecule has 1 heterocycles. The number of guanidine groups is 1. The van der Waals surface area contributed by atoms with Gasteiger partial charge in [0, 0.05) is 38.3 Å². The molecule has 0 atom stereocenters. The predicted molar refractivity (Wildman–Crippen MR) is 116 cm³/mol. The zero-order valence-electron chi connectivity index (χ0n) is 15.5. The molecule has 0 spiro atoms. The summed E-state index contributed by atoms with van der Waals surface area (Å²) in [4.78, 5) is 18.9. The van der Waals surface area contributed by atoms with E-state index in [2.05, 4.69) is 42.5 Å². The number of amides is 1. The normalized spacial score (nSPS) is 13.4. The molecule has 1 aromatic rings. The number of fused-ring (bicyclic) bond motifs is 1. The minimum absolute atomic E-state index is 0. The Morgan fingerprint density at radius 2 is 2.04 bits per heavy atom. The van der Waals surface area contributed by atoms with Crippen molar-refractivity contribution in [1.82, 2.24) is 10.6 Å². The van der Waals surface area contributed by atoms with E-state index < -0.39 is 0 Å². The van der Waals surface area contributed by atoms with Gasteiger partial charge in [0.15, 0.2) is 5.96 Å². The summed E-state index contributed by atoms with van der Waals surface area (Å²) in [5, 5.41) is 6.55. The van der Waals surface area contributed by atoms with Crippen LogP contribution in [0, 0.1) is 5.92 Å². The van der Waals surface area contributed by atoms with Crippen LogP contribution in [0.4, 0.5) is 5.69 Å². The van der Waals surface area contributed by atoms with Gasteiger partial charge in [0.1, 0.15) is 0 Å². The topological polar surface area (TPSA) is 56.7 Å². The Kier molecular flexibility index (Phi) is 9.85. The molecule has 0 bridgehead atoms. The van der Waals surface area contributed by atoms with Crippen molar-refractivity contribution in [3.05, 3.63) is 29.8 Å². The van der Waals surface area contributed by atoms with Crippen molar-refractivity contribution >= 4 is 41.5 Å². The first-order chi connectivity index (χ1) is 11.6. The molecule has 0 saturated carbocycles. The number of carbonyl (C=O) groups excluding carboxylic acids is 1. The maximum absolute atomic E-state index is 12.4. The van der Waals surface area contributed by atoms with Crippen LogP contribution in [0.3, 0.4) is 0 Å². The van der Waals surface area contributed by atoms with Gasteiger partial charge in [-0.1, -0.05) is 32.0 Å². The summed E-state index contributed by atoms with van der Waals surface area (Å²) in [5.41, 5.74) is 2.36. The van der Waals surface area contributed by atoms with Gasteiger partial charge in [-0.3, -0.25) is 9.79 Å².